The fraction of sp³-hybridized carbons (Fsp3) is 0.333. The maximum Gasteiger partial charge on any atom is 0.232 e. The van der Waals surface area contributed by atoms with Gasteiger partial charge in [-0.1, -0.05) is 24.3 Å². The van der Waals surface area contributed by atoms with E-state index in [4.69, 9.17) is 0 Å². The molecule has 172 valence electrons. The van der Waals surface area contributed by atoms with Crippen LogP contribution in [0.25, 0.3) is 20.4 Å². The Bertz CT molecular complexity index is 1120. The number of para-hydroxylation sites is 2. The van der Waals surface area contributed by atoms with E-state index in [-0.39, 0.29) is 35.4 Å². The van der Waals surface area contributed by atoms with Crippen LogP contribution >= 0.6 is 34.4 Å². The van der Waals surface area contributed by atoms with Gasteiger partial charge in [0.05, 0.1) is 44.0 Å². The average Bonchev–Trinajstić information content (AvgIpc) is 3.46. The Labute approximate surface area is 205 Å². The van der Waals surface area contributed by atoms with E-state index in [1.165, 1.54) is 11.8 Å². The minimum Gasteiger partial charge on any atom is -0.336 e. The standard InChI is InChI=1S/C24H26N4O2S3/c1-15(23-25-17-9-5-7-11-19(17)32-23)27(3)21(29)13-31-14-22(30)28(4)16(2)24-26-18-10-6-8-12-20(18)33-24/h5-12,15-16H,13-14H2,1-4H3. The summed E-state index contributed by atoms with van der Waals surface area (Å²) in [7, 11) is 3.59. The Morgan fingerprint density at radius 2 is 1.18 bits per heavy atom. The van der Waals surface area contributed by atoms with Crippen LogP contribution in [0.3, 0.4) is 0 Å². The zero-order valence-corrected chi connectivity index (χ0v) is 21.5. The number of aromatic nitrogens is 2. The van der Waals surface area contributed by atoms with Gasteiger partial charge in [0.25, 0.3) is 0 Å². The molecule has 2 amide bonds. The fourth-order valence-corrected chi connectivity index (χ4v) is 6.31. The molecule has 9 heteroatoms. The van der Waals surface area contributed by atoms with Gasteiger partial charge in [-0.2, -0.15) is 0 Å². The molecule has 0 aliphatic heterocycles. The monoisotopic (exact) mass is 498 g/mol. The molecule has 2 unspecified atom stereocenters. The van der Waals surface area contributed by atoms with Gasteiger partial charge in [0.15, 0.2) is 0 Å². The molecular weight excluding hydrogens is 472 g/mol. The zero-order valence-electron chi connectivity index (χ0n) is 19.0. The second-order valence-corrected chi connectivity index (χ2v) is 11.0. The number of rotatable bonds is 8. The molecule has 0 radical (unpaired) electrons. The lowest BCUT2D eigenvalue weighted by Crippen LogP contribution is -2.33. The lowest BCUT2D eigenvalue weighted by atomic mass is 10.3. The summed E-state index contributed by atoms with van der Waals surface area (Å²) in [6.07, 6.45) is 0. The minimum absolute atomic E-state index is 0.0126. The molecule has 4 rings (SSSR count). The first kappa shape index (κ1) is 23.7. The van der Waals surface area contributed by atoms with E-state index in [9.17, 15) is 9.59 Å². The molecule has 0 aliphatic carbocycles. The smallest absolute Gasteiger partial charge is 0.232 e. The molecule has 6 nitrogen and oxygen atoms in total. The van der Waals surface area contributed by atoms with Crippen LogP contribution in [-0.2, 0) is 9.59 Å². The molecule has 0 spiro atoms. The van der Waals surface area contributed by atoms with Gasteiger partial charge in [0.1, 0.15) is 10.0 Å². The molecule has 0 aliphatic rings. The summed E-state index contributed by atoms with van der Waals surface area (Å²) in [6, 6.07) is 15.7. The zero-order chi connectivity index (χ0) is 23.5. The van der Waals surface area contributed by atoms with E-state index in [0.29, 0.717) is 0 Å². The van der Waals surface area contributed by atoms with Crippen LogP contribution in [0.4, 0.5) is 0 Å². The Morgan fingerprint density at radius 1 is 0.788 bits per heavy atom. The fourth-order valence-electron chi connectivity index (χ4n) is 3.33. The largest absolute Gasteiger partial charge is 0.336 e. The van der Waals surface area contributed by atoms with Gasteiger partial charge in [-0.15, -0.1) is 34.4 Å². The van der Waals surface area contributed by atoms with Gasteiger partial charge in [-0.3, -0.25) is 9.59 Å². The van der Waals surface area contributed by atoms with E-state index in [0.717, 1.165) is 30.4 Å². The topological polar surface area (TPSA) is 66.4 Å². The number of benzene rings is 2. The molecule has 0 N–H and O–H groups in total. The predicted molar refractivity (Wildman–Crippen MR) is 139 cm³/mol. The van der Waals surface area contributed by atoms with Crippen LogP contribution in [-0.4, -0.2) is 57.2 Å². The molecule has 4 aromatic rings. The molecule has 33 heavy (non-hydrogen) atoms. The Kier molecular flexibility index (Phi) is 7.31. The maximum atomic E-state index is 12.7. The number of thiazole rings is 2. The van der Waals surface area contributed by atoms with Crippen LogP contribution < -0.4 is 0 Å². The Morgan fingerprint density at radius 3 is 1.58 bits per heavy atom. The number of carbonyl (C=O) groups excluding carboxylic acids is 2. The van der Waals surface area contributed by atoms with Gasteiger partial charge in [-0.25, -0.2) is 9.97 Å². The molecule has 2 aromatic carbocycles. The van der Waals surface area contributed by atoms with Crippen molar-refractivity contribution in [3.05, 3.63) is 58.5 Å². The number of carbonyl (C=O) groups is 2. The number of hydrogen-bond acceptors (Lipinski definition) is 7. The van der Waals surface area contributed by atoms with Crippen molar-refractivity contribution < 1.29 is 9.59 Å². The van der Waals surface area contributed by atoms with E-state index in [1.54, 1.807) is 46.6 Å². The van der Waals surface area contributed by atoms with Gasteiger partial charge in [-0.05, 0) is 38.1 Å². The highest BCUT2D eigenvalue weighted by molar-refractivity contribution is 8.00. The van der Waals surface area contributed by atoms with E-state index in [1.807, 2.05) is 62.4 Å². The SMILES string of the molecule is CC(c1nc2ccccc2s1)N(C)C(=O)CSCC(=O)N(C)C(C)c1nc2ccccc2s1. The first-order valence-corrected chi connectivity index (χ1v) is 13.4. The lowest BCUT2D eigenvalue weighted by molar-refractivity contribution is -0.129. The molecular formula is C24H26N4O2S3. The summed E-state index contributed by atoms with van der Waals surface area (Å²) in [6.45, 7) is 3.97. The third-order valence-electron chi connectivity index (χ3n) is 5.74. The van der Waals surface area contributed by atoms with Crippen LogP contribution in [0.1, 0.15) is 35.9 Å². The van der Waals surface area contributed by atoms with Crippen LogP contribution in [0, 0.1) is 0 Å². The average molecular weight is 499 g/mol. The Balaban J connectivity index is 1.29. The van der Waals surface area contributed by atoms with Crippen LogP contribution in [0.2, 0.25) is 0 Å². The Hall–Kier alpha value is -2.49. The van der Waals surface area contributed by atoms with Gasteiger partial charge in [0, 0.05) is 14.1 Å². The normalized spacial score (nSPS) is 13.2. The molecule has 2 heterocycles. The maximum absolute atomic E-state index is 12.7. The highest BCUT2D eigenvalue weighted by Crippen LogP contribution is 2.30. The van der Waals surface area contributed by atoms with Crippen molar-refractivity contribution in [2.75, 3.05) is 25.6 Å². The number of fused-ring (bicyclic) bond motifs is 2. The van der Waals surface area contributed by atoms with E-state index < -0.39 is 0 Å². The summed E-state index contributed by atoms with van der Waals surface area (Å²) in [4.78, 5) is 38.2. The van der Waals surface area contributed by atoms with Gasteiger partial charge < -0.3 is 9.80 Å². The van der Waals surface area contributed by atoms with E-state index >= 15 is 0 Å². The second kappa shape index (κ2) is 10.2. The summed E-state index contributed by atoms with van der Waals surface area (Å²) in [5, 5.41) is 1.83. The third kappa shape index (κ3) is 5.20. The number of nitrogens with zero attached hydrogens (tertiary/aromatic N) is 4. The first-order chi connectivity index (χ1) is 15.8. The third-order valence-corrected chi connectivity index (χ3v) is 9.05. The van der Waals surface area contributed by atoms with Crippen molar-refractivity contribution in [2.45, 2.75) is 25.9 Å². The number of thioether (sulfide) groups is 1. The number of hydrogen-bond donors (Lipinski definition) is 0. The summed E-state index contributed by atoms with van der Waals surface area (Å²) < 4.78 is 2.23. The second-order valence-electron chi connectivity index (χ2n) is 7.89. The molecule has 0 saturated heterocycles. The summed E-state index contributed by atoms with van der Waals surface area (Å²) >= 11 is 4.56. The van der Waals surface area contributed by atoms with Gasteiger partial charge in [0.2, 0.25) is 11.8 Å². The quantitative estimate of drug-likeness (QED) is 0.326. The molecule has 2 aromatic heterocycles. The van der Waals surface area contributed by atoms with E-state index in [2.05, 4.69) is 9.97 Å². The molecule has 0 saturated carbocycles. The van der Waals surface area contributed by atoms with Crippen molar-refractivity contribution >= 4 is 66.7 Å². The van der Waals surface area contributed by atoms with Crippen molar-refractivity contribution in [2.24, 2.45) is 0 Å². The van der Waals surface area contributed by atoms with Crippen molar-refractivity contribution in [1.29, 1.82) is 0 Å². The summed E-state index contributed by atoms with van der Waals surface area (Å²) in [5.74, 6) is 0.477. The van der Waals surface area contributed by atoms with Crippen LogP contribution in [0.5, 0.6) is 0 Å². The number of amides is 2. The van der Waals surface area contributed by atoms with Crippen molar-refractivity contribution in [3.63, 3.8) is 0 Å². The highest BCUT2D eigenvalue weighted by Gasteiger charge is 2.23. The molecule has 0 fully saturated rings. The summed E-state index contributed by atoms with van der Waals surface area (Å²) in [5.41, 5.74) is 1.91. The predicted octanol–water partition coefficient (Wildman–Crippen LogP) is 5.38. The first-order valence-electron chi connectivity index (χ1n) is 10.6. The minimum atomic E-state index is -0.118. The van der Waals surface area contributed by atoms with Crippen molar-refractivity contribution in [1.82, 2.24) is 19.8 Å². The molecule has 2 atom stereocenters. The lowest BCUT2D eigenvalue weighted by Gasteiger charge is -2.24. The highest BCUT2D eigenvalue weighted by atomic mass is 32.2. The molecule has 0 bridgehead atoms. The van der Waals surface area contributed by atoms with Crippen LogP contribution in [0.15, 0.2) is 48.5 Å². The van der Waals surface area contributed by atoms with Crippen molar-refractivity contribution in [3.8, 4) is 0 Å². The van der Waals surface area contributed by atoms with Gasteiger partial charge >= 0.3 is 0 Å².